The molecular formula is C34H47N3O5S. The van der Waals surface area contributed by atoms with Gasteiger partial charge in [0.15, 0.2) is 0 Å². The Morgan fingerprint density at radius 1 is 0.953 bits per heavy atom. The summed E-state index contributed by atoms with van der Waals surface area (Å²) in [6.07, 6.45) is 8.88. The van der Waals surface area contributed by atoms with E-state index in [0.717, 1.165) is 33.9 Å². The molecule has 0 aliphatic heterocycles. The monoisotopic (exact) mass is 609 g/mol. The fourth-order valence-corrected chi connectivity index (χ4v) is 8.89. The zero-order chi connectivity index (χ0) is 31.2. The molecular weight excluding hydrogens is 562 g/mol. The predicted octanol–water partition coefficient (Wildman–Crippen LogP) is 5.26. The molecule has 4 saturated carbocycles. The smallest absolute Gasteiger partial charge is 0.244 e. The summed E-state index contributed by atoms with van der Waals surface area (Å²) < 4.78 is 32.6. The molecule has 0 spiro atoms. The quantitative estimate of drug-likeness (QED) is 0.397. The summed E-state index contributed by atoms with van der Waals surface area (Å²) in [6.45, 7) is 7.06. The first-order chi connectivity index (χ1) is 20.2. The maximum absolute atomic E-state index is 13.9. The lowest BCUT2D eigenvalue weighted by Gasteiger charge is -2.57. The van der Waals surface area contributed by atoms with Crippen molar-refractivity contribution in [2.75, 3.05) is 24.2 Å². The van der Waals surface area contributed by atoms with Crippen molar-refractivity contribution in [1.29, 1.82) is 0 Å². The van der Waals surface area contributed by atoms with E-state index in [2.05, 4.69) is 17.4 Å². The molecule has 0 radical (unpaired) electrons. The second kappa shape index (κ2) is 11.8. The number of hydrogen-bond acceptors (Lipinski definition) is 5. The fraction of sp³-hybridized carbons (Fsp3) is 0.588. The highest BCUT2D eigenvalue weighted by atomic mass is 32.2. The van der Waals surface area contributed by atoms with Crippen LogP contribution < -0.4 is 14.4 Å². The van der Waals surface area contributed by atoms with Crippen LogP contribution in [0.5, 0.6) is 5.75 Å². The van der Waals surface area contributed by atoms with Crippen molar-refractivity contribution in [3.63, 3.8) is 0 Å². The highest BCUT2D eigenvalue weighted by molar-refractivity contribution is 7.92. The van der Waals surface area contributed by atoms with Crippen LogP contribution >= 0.6 is 0 Å². The average molecular weight is 610 g/mol. The van der Waals surface area contributed by atoms with E-state index in [1.807, 2.05) is 45.0 Å². The summed E-state index contributed by atoms with van der Waals surface area (Å²) in [5.74, 6) is 2.35. The van der Waals surface area contributed by atoms with E-state index in [4.69, 9.17) is 4.74 Å². The molecule has 234 valence electrons. The van der Waals surface area contributed by atoms with Crippen molar-refractivity contribution >= 4 is 27.5 Å². The van der Waals surface area contributed by atoms with Crippen molar-refractivity contribution in [2.45, 2.75) is 89.8 Å². The van der Waals surface area contributed by atoms with Crippen molar-refractivity contribution in [3.8, 4) is 5.75 Å². The third-order valence-corrected chi connectivity index (χ3v) is 10.8. The number of nitrogens with zero attached hydrogens (tertiary/aromatic N) is 2. The summed E-state index contributed by atoms with van der Waals surface area (Å²) in [4.78, 5) is 28.6. The minimum atomic E-state index is -3.79. The second-order valence-corrected chi connectivity index (χ2v) is 16.2. The van der Waals surface area contributed by atoms with Crippen LogP contribution in [0.4, 0.5) is 5.69 Å². The van der Waals surface area contributed by atoms with Gasteiger partial charge in [-0.25, -0.2) is 8.42 Å². The van der Waals surface area contributed by atoms with Crippen LogP contribution in [-0.2, 0) is 31.6 Å². The zero-order valence-electron chi connectivity index (χ0n) is 26.4. The van der Waals surface area contributed by atoms with E-state index in [1.54, 1.807) is 26.2 Å². The number of hydrogen-bond donors (Lipinski definition) is 1. The lowest BCUT2D eigenvalue weighted by atomic mass is 9.48. The number of nitrogens with one attached hydrogen (secondary N) is 1. The number of amides is 2. The molecule has 1 unspecified atom stereocenters. The first kappa shape index (κ1) is 31.4. The van der Waals surface area contributed by atoms with Gasteiger partial charge in [-0.05, 0) is 125 Å². The summed E-state index contributed by atoms with van der Waals surface area (Å²) in [5, 5.41) is 2.95. The van der Waals surface area contributed by atoms with Crippen LogP contribution in [-0.4, -0.2) is 56.6 Å². The molecule has 4 aliphatic rings. The number of benzene rings is 2. The van der Waals surface area contributed by atoms with Gasteiger partial charge in [0.1, 0.15) is 18.3 Å². The van der Waals surface area contributed by atoms with Gasteiger partial charge in [0.05, 0.1) is 19.1 Å². The van der Waals surface area contributed by atoms with E-state index < -0.39 is 34.1 Å². The molecule has 4 fully saturated rings. The zero-order valence-corrected chi connectivity index (χ0v) is 27.2. The van der Waals surface area contributed by atoms with Crippen molar-refractivity contribution in [3.05, 3.63) is 59.7 Å². The number of carbonyl (C=O) groups is 2. The molecule has 1 N–H and O–H groups in total. The number of ether oxygens (including phenoxy) is 1. The summed E-state index contributed by atoms with van der Waals surface area (Å²) in [7, 11) is -2.21. The molecule has 2 amide bonds. The Hall–Kier alpha value is -3.07. The Bertz CT molecular complexity index is 1390. The van der Waals surface area contributed by atoms with E-state index in [9.17, 15) is 18.0 Å². The maximum atomic E-state index is 13.9. The van der Waals surface area contributed by atoms with Gasteiger partial charge in [0.2, 0.25) is 21.8 Å². The molecule has 9 heteroatoms. The molecule has 2 aromatic carbocycles. The number of sulfonamides is 1. The lowest BCUT2D eigenvalue weighted by molar-refractivity contribution is -0.140. The standard InChI is InChI=1S/C34H47N3O5S/c1-23(32(39)35-33(2,3)4)36(21-24-7-13-30(42-5)14-8-24)31(38)22-37(43(6,40)41)29-11-9-28(10-12-29)34-18-25-15-26(19-34)17-27(16-25)20-34/h7-14,23,25-27H,15-22H2,1-6H3,(H,35,39). The number of methoxy groups -OCH3 is 1. The molecule has 4 bridgehead atoms. The van der Waals surface area contributed by atoms with E-state index in [1.165, 1.54) is 49.0 Å². The summed E-state index contributed by atoms with van der Waals surface area (Å²) in [6, 6.07) is 14.3. The van der Waals surface area contributed by atoms with Crippen LogP contribution in [0.2, 0.25) is 0 Å². The van der Waals surface area contributed by atoms with E-state index in [-0.39, 0.29) is 17.9 Å². The Kier molecular flexibility index (Phi) is 8.60. The second-order valence-electron chi connectivity index (χ2n) is 14.3. The Balaban J connectivity index is 1.39. The highest BCUT2D eigenvalue weighted by Gasteiger charge is 2.51. The molecule has 6 rings (SSSR count). The molecule has 2 aromatic rings. The SMILES string of the molecule is COc1ccc(CN(C(=O)CN(c2ccc(C34CC5CC(CC(C5)C3)C4)cc2)S(C)(=O)=O)C(C)C(=O)NC(C)(C)C)cc1. The number of rotatable bonds is 10. The highest BCUT2D eigenvalue weighted by Crippen LogP contribution is 2.60. The Morgan fingerprint density at radius 3 is 1.95 bits per heavy atom. The average Bonchev–Trinajstić information content (AvgIpc) is 2.92. The van der Waals surface area contributed by atoms with Gasteiger partial charge in [-0.2, -0.15) is 0 Å². The van der Waals surface area contributed by atoms with Crippen LogP contribution in [0.3, 0.4) is 0 Å². The molecule has 4 aliphatic carbocycles. The predicted molar refractivity (Wildman–Crippen MR) is 169 cm³/mol. The van der Waals surface area contributed by atoms with E-state index in [0.29, 0.717) is 11.4 Å². The number of anilines is 1. The van der Waals surface area contributed by atoms with Crippen molar-refractivity contribution in [2.24, 2.45) is 17.8 Å². The van der Waals surface area contributed by atoms with Gasteiger partial charge in [-0.3, -0.25) is 13.9 Å². The van der Waals surface area contributed by atoms with Gasteiger partial charge in [-0.1, -0.05) is 24.3 Å². The third-order valence-electron chi connectivity index (χ3n) is 9.66. The molecule has 8 nitrogen and oxygen atoms in total. The minimum absolute atomic E-state index is 0.143. The first-order valence-corrected chi connectivity index (χ1v) is 17.3. The van der Waals surface area contributed by atoms with Gasteiger partial charge >= 0.3 is 0 Å². The topological polar surface area (TPSA) is 96.0 Å². The lowest BCUT2D eigenvalue weighted by Crippen LogP contribution is -2.54. The first-order valence-electron chi connectivity index (χ1n) is 15.5. The molecule has 1 atom stereocenters. The summed E-state index contributed by atoms with van der Waals surface area (Å²) >= 11 is 0. The van der Waals surface area contributed by atoms with Gasteiger partial charge in [0.25, 0.3) is 0 Å². The van der Waals surface area contributed by atoms with Crippen molar-refractivity contribution < 1.29 is 22.7 Å². The van der Waals surface area contributed by atoms with Crippen LogP contribution in [0.25, 0.3) is 0 Å². The number of carbonyl (C=O) groups excluding carboxylic acids is 2. The molecule has 0 heterocycles. The van der Waals surface area contributed by atoms with Gasteiger partial charge in [-0.15, -0.1) is 0 Å². The van der Waals surface area contributed by atoms with Crippen LogP contribution in [0.1, 0.15) is 77.3 Å². The maximum Gasteiger partial charge on any atom is 0.244 e. The fourth-order valence-electron chi connectivity index (χ4n) is 8.04. The molecule has 0 aromatic heterocycles. The Morgan fingerprint density at radius 2 is 1.49 bits per heavy atom. The normalized spacial score (nSPS) is 25.2. The van der Waals surface area contributed by atoms with Crippen molar-refractivity contribution in [1.82, 2.24) is 10.2 Å². The molecule has 0 saturated heterocycles. The largest absolute Gasteiger partial charge is 0.497 e. The van der Waals surface area contributed by atoms with E-state index >= 15 is 0 Å². The Labute approximate surface area is 257 Å². The minimum Gasteiger partial charge on any atom is -0.497 e. The van der Waals surface area contributed by atoms with Crippen LogP contribution in [0, 0.1) is 17.8 Å². The summed E-state index contributed by atoms with van der Waals surface area (Å²) in [5.41, 5.74) is 2.26. The van der Waals surface area contributed by atoms with Gasteiger partial charge < -0.3 is 15.0 Å². The third kappa shape index (κ3) is 7.03. The van der Waals surface area contributed by atoms with Crippen LogP contribution in [0.15, 0.2) is 48.5 Å². The molecule has 43 heavy (non-hydrogen) atoms. The van der Waals surface area contributed by atoms with Gasteiger partial charge in [0, 0.05) is 12.1 Å².